The minimum absolute atomic E-state index is 0.156. The summed E-state index contributed by atoms with van der Waals surface area (Å²) in [6.45, 7) is 0.710. The molecule has 5 nitrogen and oxygen atoms in total. The Balaban J connectivity index is 1.47. The predicted octanol–water partition coefficient (Wildman–Crippen LogP) is 4.39. The summed E-state index contributed by atoms with van der Waals surface area (Å²) in [4.78, 5) is 17.9. The molecule has 1 amide bonds. The van der Waals surface area contributed by atoms with Crippen molar-refractivity contribution in [3.63, 3.8) is 0 Å². The van der Waals surface area contributed by atoms with E-state index in [-0.39, 0.29) is 11.7 Å². The van der Waals surface area contributed by atoms with Gasteiger partial charge in [-0.25, -0.2) is 10.4 Å². The Bertz CT molecular complexity index is 1090. The zero-order valence-electron chi connectivity index (χ0n) is 15.0. The van der Waals surface area contributed by atoms with Crippen LogP contribution in [0.5, 0.6) is 0 Å². The summed E-state index contributed by atoms with van der Waals surface area (Å²) < 4.78 is 2.15. The lowest BCUT2D eigenvalue weighted by molar-refractivity contribution is -0.118. The molecule has 28 heavy (non-hydrogen) atoms. The zero-order valence-corrected chi connectivity index (χ0v) is 16.6. The predicted molar refractivity (Wildman–Crippen MR) is 116 cm³/mol. The number of imidazole rings is 1. The number of aromatic nitrogens is 2. The summed E-state index contributed by atoms with van der Waals surface area (Å²) in [5, 5.41) is 6.79. The van der Waals surface area contributed by atoms with Crippen molar-refractivity contribution in [2.75, 3.05) is 5.75 Å². The first-order chi connectivity index (χ1) is 13.8. The van der Waals surface area contributed by atoms with Gasteiger partial charge in [0.1, 0.15) is 0 Å². The van der Waals surface area contributed by atoms with E-state index < -0.39 is 0 Å². The number of thiophene rings is 1. The number of hydrogen-bond acceptors (Lipinski definition) is 5. The normalized spacial score (nSPS) is 11.3. The van der Waals surface area contributed by atoms with Crippen LogP contribution in [0.4, 0.5) is 0 Å². The largest absolute Gasteiger partial charge is 0.314 e. The highest BCUT2D eigenvalue weighted by molar-refractivity contribution is 7.99. The van der Waals surface area contributed by atoms with Crippen LogP contribution in [-0.2, 0) is 11.3 Å². The molecular weight excluding hydrogens is 388 g/mol. The number of carbonyl (C=O) groups excluding carboxylic acids is 1. The summed E-state index contributed by atoms with van der Waals surface area (Å²) in [7, 11) is 0. The van der Waals surface area contributed by atoms with E-state index in [0.29, 0.717) is 6.54 Å². The number of rotatable bonds is 7. The molecule has 2 aromatic carbocycles. The molecule has 0 aliphatic rings. The summed E-state index contributed by atoms with van der Waals surface area (Å²) in [6, 6.07) is 22.2. The first-order valence-electron chi connectivity index (χ1n) is 8.77. The summed E-state index contributed by atoms with van der Waals surface area (Å²) >= 11 is 2.99. The van der Waals surface area contributed by atoms with Gasteiger partial charge in [-0.3, -0.25) is 4.79 Å². The number of para-hydroxylation sites is 2. The number of thioether (sulfide) groups is 1. The SMILES string of the molecule is O=C(CSc1nc2ccccc2n1Cc1ccccc1)N/N=C\c1cccs1. The van der Waals surface area contributed by atoms with Gasteiger partial charge in [-0.1, -0.05) is 60.3 Å². The molecule has 4 aromatic rings. The highest BCUT2D eigenvalue weighted by Crippen LogP contribution is 2.25. The number of amides is 1. The first-order valence-corrected chi connectivity index (χ1v) is 10.6. The van der Waals surface area contributed by atoms with E-state index >= 15 is 0 Å². The maximum absolute atomic E-state index is 12.2. The molecule has 4 rings (SSSR count). The van der Waals surface area contributed by atoms with Crippen molar-refractivity contribution in [1.29, 1.82) is 0 Å². The van der Waals surface area contributed by atoms with Gasteiger partial charge in [0, 0.05) is 4.88 Å². The first kappa shape index (κ1) is 18.5. The van der Waals surface area contributed by atoms with Crippen molar-refractivity contribution < 1.29 is 4.79 Å². The molecule has 0 aliphatic carbocycles. The van der Waals surface area contributed by atoms with Gasteiger partial charge in [-0.05, 0) is 29.1 Å². The van der Waals surface area contributed by atoms with Crippen molar-refractivity contribution >= 4 is 46.3 Å². The molecule has 0 unspecified atom stereocenters. The lowest BCUT2D eigenvalue weighted by Gasteiger charge is -2.09. The molecule has 140 valence electrons. The third kappa shape index (κ3) is 4.49. The number of benzene rings is 2. The van der Waals surface area contributed by atoms with Crippen LogP contribution in [0.2, 0.25) is 0 Å². The fraction of sp³-hybridized carbons (Fsp3) is 0.0952. The molecular formula is C21H18N4OS2. The maximum Gasteiger partial charge on any atom is 0.250 e. The van der Waals surface area contributed by atoms with Crippen LogP contribution in [0.1, 0.15) is 10.4 Å². The van der Waals surface area contributed by atoms with Crippen molar-refractivity contribution in [1.82, 2.24) is 15.0 Å². The molecule has 2 heterocycles. The van der Waals surface area contributed by atoms with E-state index in [1.54, 1.807) is 17.6 Å². The second-order valence-electron chi connectivity index (χ2n) is 6.05. The second-order valence-corrected chi connectivity index (χ2v) is 7.97. The molecule has 0 saturated carbocycles. The number of hydrazone groups is 1. The lowest BCUT2D eigenvalue weighted by Crippen LogP contribution is -2.20. The number of nitrogens with one attached hydrogen (secondary N) is 1. The fourth-order valence-electron chi connectivity index (χ4n) is 2.78. The van der Waals surface area contributed by atoms with Crippen LogP contribution in [0.3, 0.4) is 0 Å². The van der Waals surface area contributed by atoms with Gasteiger partial charge in [0.2, 0.25) is 0 Å². The Hall–Kier alpha value is -2.90. The third-order valence-electron chi connectivity index (χ3n) is 4.06. The number of nitrogens with zero attached hydrogens (tertiary/aromatic N) is 3. The second kappa shape index (κ2) is 8.86. The van der Waals surface area contributed by atoms with Gasteiger partial charge >= 0.3 is 0 Å². The van der Waals surface area contributed by atoms with Crippen LogP contribution >= 0.6 is 23.1 Å². The molecule has 0 aliphatic heterocycles. The minimum atomic E-state index is -0.156. The average Bonchev–Trinajstić information content (AvgIpc) is 3.36. The summed E-state index contributed by atoms with van der Waals surface area (Å²) in [6.07, 6.45) is 1.65. The van der Waals surface area contributed by atoms with Crippen LogP contribution < -0.4 is 5.43 Å². The van der Waals surface area contributed by atoms with E-state index in [2.05, 4.69) is 33.3 Å². The fourth-order valence-corrected chi connectivity index (χ4v) is 4.17. The topological polar surface area (TPSA) is 59.3 Å². The molecule has 0 fully saturated rings. The van der Waals surface area contributed by atoms with Crippen LogP contribution in [-0.4, -0.2) is 27.4 Å². The Morgan fingerprint density at radius 2 is 1.93 bits per heavy atom. The average molecular weight is 407 g/mol. The minimum Gasteiger partial charge on any atom is -0.314 e. The Kier molecular flexibility index (Phi) is 5.84. The van der Waals surface area contributed by atoms with Crippen molar-refractivity contribution in [2.45, 2.75) is 11.7 Å². The van der Waals surface area contributed by atoms with E-state index in [4.69, 9.17) is 4.98 Å². The number of fused-ring (bicyclic) bond motifs is 1. The maximum atomic E-state index is 12.2. The van der Waals surface area contributed by atoms with Gasteiger partial charge in [0.25, 0.3) is 5.91 Å². The quantitative estimate of drug-likeness (QED) is 0.281. The molecule has 2 aromatic heterocycles. The molecule has 7 heteroatoms. The highest BCUT2D eigenvalue weighted by atomic mass is 32.2. The highest BCUT2D eigenvalue weighted by Gasteiger charge is 2.13. The third-order valence-corrected chi connectivity index (χ3v) is 5.84. The van der Waals surface area contributed by atoms with Gasteiger partial charge in [-0.15, -0.1) is 11.3 Å². The van der Waals surface area contributed by atoms with Gasteiger partial charge in [-0.2, -0.15) is 5.10 Å². The molecule has 0 saturated heterocycles. The Morgan fingerprint density at radius 3 is 2.75 bits per heavy atom. The van der Waals surface area contributed by atoms with E-state index in [1.165, 1.54) is 17.3 Å². The molecule has 0 radical (unpaired) electrons. The standard InChI is InChI=1S/C21H18N4OS2/c26-20(24-22-13-17-9-6-12-27-17)15-28-21-23-18-10-4-5-11-19(18)25(21)14-16-7-2-1-3-8-16/h1-13H,14-15H2,(H,24,26)/b22-13-. The summed E-state index contributed by atoms with van der Waals surface area (Å²) in [5.74, 6) is 0.0935. The van der Waals surface area contributed by atoms with E-state index in [0.717, 1.165) is 21.1 Å². The zero-order chi connectivity index (χ0) is 19.2. The van der Waals surface area contributed by atoms with Crippen molar-refractivity contribution in [3.8, 4) is 0 Å². The van der Waals surface area contributed by atoms with Gasteiger partial charge in [0.05, 0.1) is 29.5 Å². The van der Waals surface area contributed by atoms with Crippen LogP contribution in [0, 0.1) is 0 Å². The van der Waals surface area contributed by atoms with Gasteiger partial charge < -0.3 is 4.57 Å². The number of carbonyl (C=O) groups is 1. The smallest absolute Gasteiger partial charge is 0.250 e. The monoisotopic (exact) mass is 406 g/mol. The van der Waals surface area contributed by atoms with Crippen LogP contribution in [0.15, 0.2) is 82.4 Å². The molecule has 0 bridgehead atoms. The molecule has 0 spiro atoms. The van der Waals surface area contributed by atoms with Crippen molar-refractivity contribution in [3.05, 3.63) is 82.6 Å². The van der Waals surface area contributed by atoms with Gasteiger partial charge in [0.15, 0.2) is 5.16 Å². The molecule has 0 atom stereocenters. The van der Waals surface area contributed by atoms with E-state index in [9.17, 15) is 4.79 Å². The summed E-state index contributed by atoms with van der Waals surface area (Å²) in [5.41, 5.74) is 5.75. The lowest BCUT2D eigenvalue weighted by atomic mass is 10.2. The molecule has 1 N–H and O–H groups in total. The van der Waals surface area contributed by atoms with Crippen molar-refractivity contribution in [2.24, 2.45) is 5.10 Å². The number of hydrogen-bond donors (Lipinski definition) is 1. The Morgan fingerprint density at radius 1 is 1.11 bits per heavy atom. The van der Waals surface area contributed by atoms with E-state index in [1.807, 2.05) is 53.9 Å². The van der Waals surface area contributed by atoms with Crippen LogP contribution in [0.25, 0.3) is 11.0 Å². The Labute approximate surface area is 171 Å².